The van der Waals surface area contributed by atoms with Gasteiger partial charge >= 0.3 is 0 Å². The van der Waals surface area contributed by atoms with E-state index in [1.807, 2.05) is 0 Å². The molecule has 0 unspecified atom stereocenters. The van der Waals surface area contributed by atoms with Crippen molar-refractivity contribution in [1.29, 1.82) is 0 Å². The van der Waals surface area contributed by atoms with Crippen molar-refractivity contribution in [2.24, 2.45) is 0 Å². The highest BCUT2D eigenvalue weighted by atomic mass is 32.1. The summed E-state index contributed by atoms with van der Waals surface area (Å²) in [5, 5.41) is 6.06. The minimum Gasteiger partial charge on any atom is -0.378 e. The molecule has 0 aliphatic carbocycles. The van der Waals surface area contributed by atoms with Gasteiger partial charge in [0, 0.05) is 13.1 Å². The number of thiocarbonyl (C=S) groups is 2. The van der Waals surface area contributed by atoms with Crippen molar-refractivity contribution in [2.75, 3.05) is 0 Å². The average molecular weight is 314 g/mol. The lowest BCUT2D eigenvalue weighted by Gasteiger charge is -2.06. The van der Waals surface area contributed by atoms with Crippen molar-refractivity contribution in [3.05, 3.63) is 70.8 Å². The van der Waals surface area contributed by atoms with Gasteiger partial charge in [-0.1, -0.05) is 73.0 Å². The summed E-state index contributed by atoms with van der Waals surface area (Å²) in [6, 6.07) is 17.2. The highest BCUT2D eigenvalue weighted by Gasteiger charge is 1.98. The summed E-state index contributed by atoms with van der Waals surface area (Å²) >= 11 is 9.50. The Bertz CT molecular complexity index is 523. The normalized spacial score (nSPS) is 9.90. The van der Waals surface area contributed by atoms with E-state index in [0.29, 0.717) is 0 Å². The third kappa shape index (κ3) is 5.25. The zero-order valence-electron chi connectivity index (χ0n) is 11.7. The highest BCUT2D eigenvalue weighted by Crippen LogP contribution is 2.12. The van der Waals surface area contributed by atoms with Gasteiger partial charge < -0.3 is 10.6 Å². The van der Waals surface area contributed by atoms with Crippen molar-refractivity contribution in [3.63, 3.8) is 0 Å². The van der Waals surface area contributed by atoms with Gasteiger partial charge in [0.05, 0.1) is 11.0 Å². The van der Waals surface area contributed by atoms with Crippen LogP contribution in [-0.2, 0) is 19.5 Å². The number of hydrogen-bond donors (Lipinski definition) is 2. The van der Waals surface area contributed by atoms with Crippen molar-refractivity contribution >= 4 is 35.4 Å². The summed E-state index contributed by atoms with van der Waals surface area (Å²) in [5.74, 6) is 0. The van der Waals surface area contributed by atoms with Crippen molar-refractivity contribution < 1.29 is 0 Å². The summed E-state index contributed by atoms with van der Waals surface area (Å²) in [7, 11) is 0. The van der Waals surface area contributed by atoms with Crippen LogP contribution in [0.25, 0.3) is 0 Å². The Kier molecular flexibility index (Phi) is 6.31. The summed E-state index contributed by atoms with van der Waals surface area (Å²) in [5.41, 5.74) is 8.20. The second-order valence-electron chi connectivity index (χ2n) is 4.81. The predicted octanol–water partition coefficient (Wildman–Crippen LogP) is 3.37. The summed E-state index contributed by atoms with van der Waals surface area (Å²) in [6.45, 7) is 1.57. The molecule has 0 radical (unpaired) electrons. The Morgan fingerprint density at radius 3 is 1.29 bits per heavy atom. The smallest absolute Gasteiger partial charge is 0.0617 e. The molecule has 0 saturated heterocycles. The van der Waals surface area contributed by atoms with Crippen LogP contribution in [0, 0.1) is 0 Å². The van der Waals surface area contributed by atoms with Gasteiger partial charge in [-0.3, -0.25) is 0 Å². The summed E-state index contributed by atoms with van der Waals surface area (Å²) in [4.78, 5) is 0. The van der Waals surface area contributed by atoms with Gasteiger partial charge in [-0.2, -0.15) is 0 Å². The molecule has 0 bridgehead atoms. The Morgan fingerprint density at radius 2 is 0.952 bits per heavy atom. The lowest BCUT2D eigenvalue weighted by Crippen LogP contribution is -2.08. The van der Waals surface area contributed by atoms with E-state index >= 15 is 0 Å². The fourth-order valence-corrected chi connectivity index (χ4v) is 2.27. The molecule has 2 rings (SSSR count). The van der Waals surface area contributed by atoms with Gasteiger partial charge in [-0.15, -0.1) is 0 Å². The molecule has 2 N–H and O–H groups in total. The molecule has 0 aliphatic rings. The van der Waals surface area contributed by atoms with Crippen LogP contribution >= 0.6 is 24.4 Å². The van der Waals surface area contributed by atoms with E-state index in [4.69, 9.17) is 24.4 Å². The first-order chi connectivity index (χ1) is 10.3. The fraction of sp³-hybridized carbons (Fsp3) is 0.176. The molecule has 0 fully saturated rings. The van der Waals surface area contributed by atoms with Gasteiger partial charge in [0.25, 0.3) is 0 Å². The first kappa shape index (κ1) is 15.6. The van der Waals surface area contributed by atoms with E-state index in [1.54, 1.807) is 11.0 Å². The minimum atomic E-state index is 0.783. The van der Waals surface area contributed by atoms with Crippen LogP contribution in [0.1, 0.15) is 22.3 Å². The van der Waals surface area contributed by atoms with Crippen molar-refractivity contribution in [3.8, 4) is 0 Å². The molecule has 2 aromatic rings. The van der Waals surface area contributed by atoms with E-state index in [2.05, 4.69) is 59.2 Å². The van der Waals surface area contributed by atoms with Gasteiger partial charge in [0.1, 0.15) is 0 Å². The molecule has 2 aromatic carbocycles. The summed E-state index contributed by atoms with van der Waals surface area (Å²) in [6.07, 6.45) is 0.946. The Balaban J connectivity index is 1.94. The Hall–Kier alpha value is -1.78. The third-order valence-corrected chi connectivity index (χ3v) is 3.57. The molecule has 0 saturated carbocycles. The van der Waals surface area contributed by atoms with E-state index in [-0.39, 0.29) is 0 Å². The lowest BCUT2D eigenvalue weighted by molar-refractivity contribution is 0.940. The largest absolute Gasteiger partial charge is 0.378 e. The molecular weight excluding hydrogens is 296 g/mol. The quantitative estimate of drug-likeness (QED) is 0.730. The maximum Gasteiger partial charge on any atom is 0.0617 e. The maximum absolute atomic E-state index is 4.75. The molecule has 21 heavy (non-hydrogen) atoms. The molecule has 0 spiro atoms. The van der Waals surface area contributed by atoms with Gasteiger partial charge in [-0.05, 0) is 28.7 Å². The first-order valence-electron chi connectivity index (χ1n) is 6.81. The molecule has 0 aromatic heterocycles. The van der Waals surface area contributed by atoms with E-state index in [0.717, 1.165) is 19.5 Å². The average Bonchev–Trinajstić information content (AvgIpc) is 2.53. The Morgan fingerprint density at radius 1 is 0.619 bits per heavy atom. The zero-order valence-corrected chi connectivity index (χ0v) is 13.3. The van der Waals surface area contributed by atoms with E-state index in [9.17, 15) is 0 Å². The maximum atomic E-state index is 4.75. The monoisotopic (exact) mass is 314 g/mol. The van der Waals surface area contributed by atoms with Crippen LogP contribution in [0.2, 0.25) is 0 Å². The van der Waals surface area contributed by atoms with Crippen LogP contribution in [0.4, 0.5) is 0 Å². The molecule has 0 heterocycles. The van der Waals surface area contributed by atoms with Crippen LogP contribution in [0.15, 0.2) is 48.5 Å². The highest BCUT2D eigenvalue weighted by molar-refractivity contribution is 7.79. The van der Waals surface area contributed by atoms with Crippen LogP contribution in [0.5, 0.6) is 0 Å². The number of hydrogen-bond acceptors (Lipinski definition) is 2. The molecule has 0 atom stereocenters. The van der Waals surface area contributed by atoms with Crippen LogP contribution in [-0.4, -0.2) is 11.0 Å². The van der Waals surface area contributed by atoms with Crippen molar-refractivity contribution in [1.82, 2.24) is 10.6 Å². The first-order valence-corrected chi connectivity index (χ1v) is 7.76. The van der Waals surface area contributed by atoms with Gasteiger partial charge in [0.15, 0.2) is 0 Å². The van der Waals surface area contributed by atoms with Gasteiger partial charge in [-0.25, -0.2) is 0 Å². The van der Waals surface area contributed by atoms with Crippen molar-refractivity contribution in [2.45, 2.75) is 19.5 Å². The van der Waals surface area contributed by atoms with E-state index < -0.39 is 0 Å². The molecule has 0 aliphatic heterocycles. The van der Waals surface area contributed by atoms with E-state index in [1.165, 1.54) is 22.3 Å². The van der Waals surface area contributed by atoms with Crippen LogP contribution in [0.3, 0.4) is 0 Å². The third-order valence-electron chi connectivity index (χ3n) is 3.23. The standard InChI is InChI=1S/C17H18N2S2/c20-12-18-10-16-5-1-14(2-6-16)9-15-3-7-17(8-4-15)11-19-13-21/h1-8,12-13H,9-11H2,(H,18,20)(H,19,21). The zero-order chi connectivity index (χ0) is 14.9. The predicted molar refractivity (Wildman–Crippen MR) is 96.7 cm³/mol. The lowest BCUT2D eigenvalue weighted by atomic mass is 10.0. The second-order valence-corrected chi connectivity index (χ2v) is 5.28. The number of nitrogens with one attached hydrogen (secondary N) is 2. The molecule has 4 heteroatoms. The number of benzene rings is 2. The van der Waals surface area contributed by atoms with Crippen LogP contribution < -0.4 is 10.6 Å². The molecular formula is C17H18N2S2. The SMILES string of the molecule is S=CNCc1ccc(Cc2ccc(CNC=S)cc2)cc1. The molecule has 108 valence electrons. The second kappa shape index (κ2) is 8.49. The Labute approximate surface area is 136 Å². The summed E-state index contributed by atoms with van der Waals surface area (Å²) < 4.78 is 0. The number of rotatable bonds is 8. The topological polar surface area (TPSA) is 24.1 Å². The molecule has 0 amide bonds. The molecule has 2 nitrogen and oxygen atoms in total. The minimum absolute atomic E-state index is 0.783. The fourth-order valence-electron chi connectivity index (χ4n) is 2.10. The van der Waals surface area contributed by atoms with Gasteiger partial charge in [0.2, 0.25) is 0 Å².